The minimum Gasteiger partial charge on any atom is -0.411 e. The van der Waals surface area contributed by atoms with Crippen LogP contribution in [0.25, 0.3) is 11.5 Å². The first-order valence-corrected chi connectivity index (χ1v) is 8.41. The van der Waals surface area contributed by atoms with Gasteiger partial charge in [-0.25, -0.2) is 4.39 Å². The number of halogens is 2. The maximum Gasteiger partial charge on any atom is 0.277 e. The van der Waals surface area contributed by atoms with Crippen molar-refractivity contribution in [2.45, 2.75) is 5.22 Å². The molecule has 0 spiro atoms. The van der Waals surface area contributed by atoms with E-state index in [9.17, 15) is 9.18 Å². The molecular formula is C16H10BrFN2O2S. The van der Waals surface area contributed by atoms with Crippen LogP contribution in [-0.4, -0.2) is 21.7 Å². The summed E-state index contributed by atoms with van der Waals surface area (Å²) in [5.74, 6) is 0.0255. The van der Waals surface area contributed by atoms with Gasteiger partial charge in [0.15, 0.2) is 5.78 Å². The Morgan fingerprint density at radius 2 is 1.87 bits per heavy atom. The molecule has 0 N–H and O–H groups in total. The van der Waals surface area contributed by atoms with E-state index in [1.54, 1.807) is 0 Å². The molecular weight excluding hydrogens is 383 g/mol. The van der Waals surface area contributed by atoms with Crippen LogP contribution in [0.1, 0.15) is 10.4 Å². The molecule has 3 rings (SSSR count). The maximum atomic E-state index is 12.8. The second-order valence-corrected chi connectivity index (χ2v) is 6.35. The van der Waals surface area contributed by atoms with Crippen molar-refractivity contribution in [1.82, 2.24) is 10.2 Å². The summed E-state index contributed by atoms with van der Waals surface area (Å²) >= 11 is 4.57. The lowest BCUT2D eigenvalue weighted by molar-refractivity contribution is 0.102. The molecule has 0 saturated heterocycles. The molecule has 3 aromatic rings. The average molecular weight is 393 g/mol. The molecule has 0 radical (unpaired) electrons. The Bertz CT molecular complexity index is 836. The van der Waals surface area contributed by atoms with Crippen LogP contribution in [0.5, 0.6) is 0 Å². The van der Waals surface area contributed by atoms with Gasteiger partial charge in [-0.3, -0.25) is 4.79 Å². The molecule has 0 unspecified atom stereocenters. The highest BCUT2D eigenvalue weighted by Crippen LogP contribution is 2.29. The zero-order valence-electron chi connectivity index (χ0n) is 11.7. The zero-order chi connectivity index (χ0) is 16.2. The first kappa shape index (κ1) is 15.9. The van der Waals surface area contributed by atoms with E-state index in [4.69, 9.17) is 4.42 Å². The van der Waals surface area contributed by atoms with Gasteiger partial charge < -0.3 is 4.42 Å². The smallest absolute Gasteiger partial charge is 0.277 e. The van der Waals surface area contributed by atoms with Crippen molar-refractivity contribution in [1.29, 1.82) is 0 Å². The SMILES string of the molecule is O=C(CSc1nnc(-c2ccccc2Br)o1)c1ccc(F)cc1. The summed E-state index contributed by atoms with van der Waals surface area (Å²) in [5, 5.41) is 8.22. The lowest BCUT2D eigenvalue weighted by Gasteiger charge is -1.99. The Balaban J connectivity index is 1.67. The Morgan fingerprint density at radius 3 is 2.61 bits per heavy atom. The molecule has 0 bridgehead atoms. The van der Waals surface area contributed by atoms with Gasteiger partial charge >= 0.3 is 0 Å². The molecule has 0 aliphatic heterocycles. The Labute approximate surface area is 144 Å². The number of Topliss-reactive ketones (excluding diaryl/α,β-unsaturated/α-hetero) is 1. The summed E-state index contributed by atoms with van der Waals surface area (Å²) in [6.07, 6.45) is 0. The van der Waals surface area contributed by atoms with Crippen LogP contribution in [0.4, 0.5) is 4.39 Å². The van der Waals surface area contributed by atoms with E-state index >= 15 is 0 Å². The molecule has 116 valence electrons. The number of hydrogen-bond acceptors (Lipinski definition) is 5. The summed E-state index contributed by atoms with van der Waals surface area (Å²) in [5.41, 5.74) is 1.24. The third kappa shape index (κ3) is 3.86. The monoisotopic (exact) mass is 392 g/mol. The number of thioether (sulfide) groups is 1. The van der Waals surface area contributed by atoms with Crippen LogP contribution >= 0.6 is 27.7 Å². The van der Waals surface area contributed by atoms with Crippen molar-refractivity contribution < 1.29 is 13.6 Å². The highest BCUT2D eigenvalue weighted by Gasteiger charge is 2.14. The molecule has 2 aromatic carbocycles. The summed E-state index contributed by atoms with van der Waals surface area (Å²) < 4.78 is 19.2. The highest BCUT2D eigenvalue weighted by atomic mass is 79.9. The van der Waals surface area contributed by atoms with Gasteiger partial charge in [0.25, 0.3) is 5.22 Å². The highest BCUT2D eigenvalue weighted by molar-refractivity contribution is 9.10. The van der Waals surface area contributed by atoms with E-state index in [1.807, 2.05) is 24.3 Å². The van der Waals surface area contributed by atoms with Crippen molar-refractivity contribution in [3.8, 4) is 11.5 Å². The van der Waals surface area contributed by atoms with Crippen molar-refractivity contribution in [2.75, 3.05) is 5.75 Å². The number of nitrogens with zero attached hydrogens (tertiary/aromatic N) is 2. The summed E-state index contributed by atoms with van der Waals surface area (Å²) in [7, 11) is 0. The van der Waals surface area contributed by atoms with E-state index in [0.29, 0.717) is 16.7 Å². The van der Waals surface area contributed by atoms with Crippen LogP contribution in [0, 0.1) is 5.82 Å². The maximum absolute atomic E-state index is 12.8. The minimum absolute atomic E-state index is 0.129. The van der Waals surface area contributed by atoms with Gasteiger partial charge in [-0.05, 0) is 52.3 Å². The summed E-state index contributed by atoms with van der Waals surface area (Å²) in [4.78, 5) is 12.0. The fraction of sp³-hybridized carbons (Fsp3) is 0.0625. The molecule has 23 heavy (non-hydrogen) atoms. The third-order valence-corrected chi connectivity index (χ3v) is 4.51. The van der Waals surface area contributed by atoms with E-state index in [0.717, 1.165) is 21.8 Å². The molecule has 1 heterocycles. The number of aromatic nitrogens is 2. The third-order valence-electron chi connectivity index (χ3n) is 3.00. The quantitative estimate of drug-likeness (QED) is 0.468. The summed E-state index contributed by atoms with van der Waals surface area (Å²) in [6.45, 7) is 0. The standard InChI is InChI=1S/C16H10BrFN2O2S/c17-13-4-2-1-3-12(13)15-19-20-16(22-15)23-9-14(21)10-5-7-11(18)8-6-10/h1-8H,9H2. The first-order chi connectivity index (χ1) is 11.1. The molecule has 0 amide bonds. The van der Waals surface area contributed by atoms with Gasteiger partial charge in [0.2, 0.25) is 5.89 Å². The van der Waals surface area contributed by atoms with Gasteiger partial charge in [-0.2, -0.15) is 0 Å². The van der Waals surface area contributed by atoms with Crippen molar-refractivity contribution in [3.63, 3.8) is 0 Å². The predicted octanol–water partition coefficient (Wildman–Crippen LogP) is 4.61. The fourth-order valence-corrected chi connectivity index (χ4v) is 2.97. The van der Waals surface area contributed by atoms with E-state index in [2.05, 4.69) is 26.1 Å². The normalized spacial score (nSPS) is 10.7. The van der Waals surface area contributed by atoms with Crippen molar-refractivity contribution in [2.24, 2.45) is 0 Å². The van der Waals surface area contributed by atoms with Crippen molar-refractivity contribution >= 4 is 33.5 Å². The Kier molecular flexibility index (Phi) is 4.88. The Hall–Kier alpha value is -1.99. The minimum atomic E-state index is -0.371. The predicted molar refractivity (Wildman–Crippen MR) is 88.9 cm³/mol. The molecule has 0 atom stereocenters. The lowest BCUT2D eigenvalue weighted by Crippen LogP contribution is -2.02. The van der Waals surface area contributed by atoms with E-state index in [1.165, 1.54) is 24.3 Å². The van der Waals surface area contributed by atoms with Gasteiger partial charge in [0, 0.05) is 10.0 Å². The molecule has 0 saturated carbocycles. The van der Waals surface area contributed by atoms with Crippen LogP contribution in [0.3, 0.4) is 0 Å². The molecule has 0 aliphatic rings. The molecule has 0 aliphatic carbocycles. The van der Waals surface area contributed by atoms with E-state index < -0.39 is 0 Å². The van der Waals surface area contributed by atoms with Crippen LogP contribution in [-0.2, 0) is 0 Å². The molecule has 1 aromatic heterocycles. The van der Waals surface area contributed by atoms with Gasteiger partial charge in [-0.1, -0.05) is 23.9 Å². The number of hydrogen-bond donors (Lipinski definition) is 0. The molecule has 7 heteroatoms. The fourth-order valence-electron chi connectivity index (χ4n) is 1.86. The van der Waals surface area contributed by atoms with Gasteiger partial charge in [0.1, 0.15) is 5.82 Å². The average Bonchev–Trinajstić information content (AvgIpc) is 3.02. The van der Waals surface area contributed by atoms with Crippen LogP contribution in [0.2, 0.25) is 0 Å². The van der Waals surface area contributed by atoms with Crippen molar-refractivity contribution in [3.05, 3.63) is 64.4 Å². The van der Waals surface area contributed by atoms with Gasteiger partial charge in [0.05, 0.1) is 11.3 Å². The Morgan fingerprint density at radius 1 is 1.13 bits per heavy atom. The van der Waals surface area contributed by atoms with E-state index in [-0.39, 0.29) is 17.4 Å². The second kappa shape index (κ2) is 7.06. The summed E-state index contributed by atoms with van der Waals surface area (Å²) in [6, 6.07) is 12.9. The first-order valence-electron chi connectivity index (χ1n) is 6.63. The van der Waals surface area contributed by atoms with Crippen LogP contribution in [0.15, 0.2) is 62.6 Å². The lowest BCUT2D eigenvalue weighted by atomic mass is 10.1. The largest absolute Gasteiger partial charge is 0.411 e. The topological polar surface area (TPSA) is 56.0 Å². The zero-order valence-corrected chi connectivity index (χ0v) is 14.1. The number of benzene rings is 2. The molecule has 0 fully saturated rings. The van der Waals surface area contributed by atoms with Crippen LogP contribution < -0.4 is 0 Å². The number of rotatable bonds is 5. The number of carbonyl (C=O) groups excluding carboxylic acids is 1. The number of carbonyl (C=O) groups is 1. The van der Waals surface area contributed by atoms with Gasteiger partial charge in [-0.15, -0.1) is 10.2 Å². The number of ketones is 1. The molecule has 4 nitrogen and oxygen atoms in total. The second-order valence-electron chi connectivity index (χ2n) is 4.57.